The lowest BCUT2D eigenvalue weighted by Gasteiger charge is -2.12. The van der Waals surface area contributed by atoms with Crippen LogP contribution in [0.5, 0.6) is 0 Å². The number of aryl methyl sites for hydroxylation is 1. The molecule has 0 atom stereocenters. The van der Waals surface area contributed by atoms with Gasteiger partial charge < -0.3 is 4.42 Å². The van der Waals surface area contributed by atoms with E-state index in [0.29, 0.717) is 5.76 Å². The van der Waals surface area contributed by atoms with Crippen molar-refractivity contribution in [1.82, 2.24) is 20.0 Å². The standard InChI is InChI=1S/C10H11N5O2/c1-7-6-11-9(17-7)14-8(16)10(2-3-10)15-12-4-5-13-15/h4-6H,2-3H2,1H3,(H,11,14,16). The summed E-state index contributed by atoms with van der Waals surface area (Å²) in [7, 11) is 0. The van der Waals surface area contributed by atoms with E-state index in [1.807, 2.05) is 0 Å². The monoisotopic (exact) mass is 233 g/mol. The molecule has 7 nitrogen and oxygen atoms in total. The van der Waals surface area contributed by atoms with Crippen molar-refractivity contribution in [2.75, 3.05) is 5.32 Å². The van der Waals surface area contributed by atoms with Crippen molar-refractivity contribution in [3.63, 3.8) is 0 Å². The Morgan fingerprint density at radius 2 is 2.18 bits per heavy atom. The molecule has 3 rings (SSSR count). The van der Waals surface area contributed by atoms with Gasteiger partial charge in [-0.15, -0.1) is 0 Å². The highest BCUT2D eigenvalue weighted by Gasteiger charge is 2.54. The van der Waals surface area contributed by atoms with Crippen LogP contribution in [0.25, 0.3) is 0 Å². The Morgan fingerprint density at radius 3 is 2.71 bits per heavy atom. The van der Waals surface area contributed by atoms with Crippen LogP contribution < -0.4 is 5.32 Å². The van der Waals surface area contributed by atoms with Gasteiger partial charge >= 0.3 is 6.01 Å². The number of nitrogens with one attached hydrogen (secondary N) is 1. The molecule has 0 saturated heterocycles. The summed E-state index contributed by atoms with van der Waals surface area (Å²) >= 11 is 0. The first-order valence-corrected chi connectivity index (χ1v) is 5.31. The highest BCUT2D eigenvalue weighted by Crippen LogP contribution is 2.43. The Balaban J connectivity index is 1.79. The summed E-state index contributed by atoms with van der Waals surface area (Å²) in [4.78, 5) is 17.5. The molecule has 1 aliphatic rings. The summed E-state index contributed by atoms with van der Waals surface area (Å²) in [5, 5.41) is 10.7. The third-order valence-electron chi connectivity index (χ3n) is 2.79. The van der Waals surface area contributed by atoms with Crippen molar-refractivity contribution >= 4 is 11.9 Å². The SMILES string of the molecule is Cc1cnc(NC(=O)C2(n3nccn3)CC2)o1. The number of hydrogen-bond acceptors (Lipinski definition) is 5. The first kappa shape index (κ1) is 10.0. The van der Waals surface area contributed by atoms with E-state index in [9.17, 15) is 4.79 Å². The van der Waals surface area contributed by atoms with Crippen molar-refractivity contribution in [3.8, 4) is 0 Å². The molecule has 7 heteroatoms. The topological polar surface area (TPSA) is 85.8 Å². The van der Waals surface area contributed by atoms with Gasteiger partial charge in [0, 0.05) is 0 Å². The van der Waals surface area contributed by atoms with Gasteiger partial charge in [-0.25, -0.2) is 4.98 Å². The molecule has 0 aliphatic heterocycles. The number of hydrogen-bond donors (Lipinski definition) is 1. The first-order chi connectivity index (χ1) is 8.21. The lowest BCUT2D eigenvalue weighted by Crippen LogP contribution is -2.35. The van der Waals surface area contributed by atoms with Crippen molar-refractivity contribution in [2.45, 2.75) is 25.3 Å². The van der Waals surface area contributed by atoms with Crippen LogP contribution in [0.15, 0.2) is 23.0 Å². The minimum absolute atomic E-state index is 0.185. The van der Waals surface area contributed by atoms with E-state index in [1.54, 1.807) is 25.5 Å². The van der Waals surface area contributed by atoms with E-state index in [4.69, 9.17) is 4.42 Å². The minimum Gasteiger partial charge on any atom is -0.429 e. The van der Waals surface area contributed by atoms with E-state index in [-0.39, 0.29) is 11.9 Å². The van der Waals surface area contributed by atoms with Crippen LogP contribution in [0.1, 0.15) is 18.6 Å². The van der Waals surface area contributed by atoms with Crippen LogP contribution in [0.3, 0.4) is 0 Å². The number of oxazole rings is 1. The molecule has 0 bridgehead atoms. The molecule has 1 N–H and O–H groups in total. The third-order valence-corrected chi connectivity index (χ3v) is 2.79. The fraction of sp³-hybridized carbons (Fsp3) is 0.400. The molecule has 2 aromatic heterocycles. The predicted molar refractivity (Wildman–Crippen MR) is 57.1 cm³/mol. The molecular formula is C10H11N5O2. The van der Waals surface area contributed by atoms with E-state index in [1.165, 1.54) is 4.80 Å². The normalized spacial score (nSPS) is 16.8. The molecule has 1 fully saturated rings. The zero-order valence-electron chi connectivity index (χ0n) is 9.25. The number of aromatic nitrogens is 4. The smallest absolute Gasteiger partial charge is 0.301 e. The largest absolute Gasteiger partial charge is 0.429 e. The van der Waals surface area contributed by atoms with Gasteiger partial charge in [0.1, 0.15) is 5.76 Å². The van der Waals surface area contributed by atoms with E-state index in [0.717, 1.165) is 12.8 Å². The highest BCUT2D eigenvalue weighted by molar-refractivity contribution is 5.97. The average Bonchev–Trinajstić information content (AvgIpc) is 2.74. The van der Waals surface area contributed by atoms with E-state index < -0.39 is 5.54 Å². The number of amides is 1. The van der Waals surface area contributed by atoms with Gasteiger partial charge in [-0.2, -0.15) is 15.0 Å². The molecule has 17 heavy (non-hydrogen) atoms. The number of carbonyl (C=O) groups is 1. The zero-order chi connectivity index (χ0) is 11.9. The van der Waals surface area contributed by atoms with Crippen LogP contribution in [0.4, 0.5) is 6.01 Å². The molecule has 0 aromatic carbocycles. The van der Waals surface area contributed by atoms with E-state index >= 15 is 0 Å². The van der Waals surface area contributed by atoms with Gasteiger partial charge in [-0.1, -0.05) is 0 Å². The maximum atomic E-state index is 12.1. The Kier molecular flexibility index (Phi) is 2.01. The van der Waals surface area contributed by atoms with Crippen LogP contribution >= 0.6 is 0 Å². The summed E-state index contributed by atoms with van der Waals surface area (Å²) < 4.78 is 5.20. The summed E-state index contributed by atoms with van der Waals surface area (Å²) in [5.41, 5.74) is -0.661. The minimum atomic E-state index is -0.661. The average molecular weight is 233 g/mol. The molecule has 1 aliphatic carbocycles. The molecule has 2 heterocycles. The molecule has 0 spiro atoms. The highest BCUT2D eigenvalue weighted by atomic mass is 16.4. The maximum Gasteiger partial charge on any atom is 0.301 e. The fourth-order valence-corrected chi connectivity index (χ4v) is 1.70. The van der Waals surface area contributed by atoms with Crippen LogP contribution in [0, 0.1) is 6.92 Å². The molecule has 88 valence electrons. The Hall–Kier alpha value is -2.18. The Labute approximate surface area is 96.8 Å². The van der Waals surface area contributed by atoms with Crippen molar-refractivity contribution < 1.29 is 9.21 Å². The van der Waals surface area contributed by atoms with Gasteiger partial charge in [-0.3, -0.25) is 10.1 Å². The number of nitrogens with zero attached hydrogens (tertiary/aromatic N) is 4. The van der Waals surface area contributed by atoms with E-state index in [2.05, 4.69) is 20.5 Å². The predicted octanol–water partition coefficient (Wildman–Crippen LogP) is 0.702. The summed E-state index contributed by atoms with van der Waals surface area (Å²) in [5.74, 6) is 0.470. The van der Waals surface area contributed by atoms with Gasteiger partial charge in [0.15, 0.2) is 5.54 Å². The number of carbonyl (C=O) groups excluding carboxylic acids is 1. The molecule has 2 aromatic rings. The van der Waals surface area contributed by atoms with Crippen molar-refractivity contribution in [3.05, 3.63) is 24.4 Å². The Morgan fingerprint density at radius 1 is 1.47 bits per heavy atom. The quantitative estimate of drug-likeness (QED) is 0.843. The van der Waals surface area contributed by atoms with Gasteiger partial charge in [0.05, 0.1) is 18.6 Å². The van der Waals surface area contributed by atoms with Crippen molar-refractivity contribution in [1.29, 1.82) is 0 Å². The zero-order valence-corrected chi connectivity index (χ0v) is 9.25. The fourth-order valence-electron chi connectivity index (χ4n) is 1.70. The Bertz CT molecular complexity index is 541. The maximum absolute atomic E-state index is 12.1. The summed E-state index contributed by atoms with van der Waals surface area (Å²) in [6.07, 6.45) is 6.13. The first-order valence-electron chi connectivity index (χ1n) is 5.31. The van der Waals surface area contributed by atoms with Crippen LogP contribution in [-0.4, -0.2) is 25.9 Å². The second-order valence-electron chi connectivity index (χ2n) is 4.08. The van der Waals surface area contributed by atoms with Crippen LogP contribution in [0.2, 0.25) is 0 Å². The molecule has 0 radical (unpaired) electrons. The molecule has 1 saturated carbocycles. The summed E-state index contributed by atoms with van der Waals surface area (Å²) in [6, 6.07) is 0.214. The second kappa shape index (κ2) is 3.41. The third kappa shape index (κ3) is 1.59. The van der Waals surface area contributed by atoms with Gasteiger partial charge in [-0.05, 0) is 19.8 Å². The lowest BCUT2D eigenvalue weighted by molar-refractivity contribution is -0.121. The lowest BCUT2D eigenvalue weighted by atomic mass is 10.3. The second-order valence-corrected chi connectivity index (χ2v) is 4.08. The number of rotatable bonds is 3. The molecule has 0 unspecified atom stereocenters. The van der Waals surface area contributed by atoms with Gasteiger partial charge in [0.25, 0.3) is 5.91 Å². The van der Waals surface area contributed by atoms with Crippen LogP contribution in [-0.2, 0) is 10.3 Å². The van der Waals surface area contributed by atoms with Gasteiger partial charge in [0.2, 0.25) is 0 Å². The molecule has 1 amide bonds. The number of anilines is 1. The van der Waals surface area contributed by atoms with Crippen molar-refractivity contribution in [2.24, 2.45) is 0 Å². The summed E-state index contributed by atoms with van der Waals surface area (Å²) in [6.45, 7) is 1.77. The molecular weight excluding hydrogens is 222 g/mol.